The van der Waals surface area contributed by atoms with Gasteiger partial charge in [0.1, 0.15) is 17.4 Å². The lowest BCUT2D eigenvalue weighted by Gasteiger charge is -2.02. The minimum absolute atomic E-state index is 0.423. The van der Waals surface area contributed by atoms with Crippen LogP contribution in [0.1, 0.15) is 6.42 Å². The highest BCUT2D eigenvalue weighted by atomic mass is 32.2. The molecule has 0 saturated heterocycles. The van der Waals surface area contributed by atoms with Gasteiger partial charge >= 0.3 is 0 Å². The maximum absolute atomic E-state index is 5.74. The van der Waals surface area contributed by atoms with Gasteiger partial charge < -0.3 is 10.3 Å². The highest BCUT2D eigenvalue weighted by molar-refractivity contribution is 8.00. The molecule has 0 unspecified atom stereocenters. The summed E-state index contributed by atoms with van der Waals surface area (Å²) in [6, 6.07) is 0. The zero-order chi connectivity index (χ0) is 13.1. The van der Waals surface area contributed by atoms with E-state index < -0.39 is 0 Å². The third-order valence-electron chi connectivity index (χ3n) is 2.54. The van der Waals surface area contributed by atoms with Gasteiger partial charge in [0.15, 0.2) is 15.8 Å². The topological polar surface area (TPSA) is 95.4 Å². The Bertz CT molecular complexity index is 664. The summed E-state index contributed by atoms with van der Waals surface area (Å²) >= 11 is 3.27. The first-order valence-electron chi connectivity index (χ1n) is 5.65. The molecule has 3 aromatic heterocycles. The fourth-order valence-electron chi connectivity index (χ4n) is 1.68. The van der Waals surface area contributed by atoms with Gasteiger partial charge in [0.2, 0.25) is 0 Å². The lowest BCUT2D eigenvalue weighted by molar-refractivity contribution is 0.696. The van der Waals surface area contributed by atoms with Crippen LogP contribution in [-0.4, -0.2) is 35.5 Å². The van der Waals surface area contributed by atoms with Crippen molar-refractivity contribution in [2.24, 2.45) is 0 Å². The molecule has 0 aliphatic carbocycles. The second kappa shape index (κ2) is 5.49. The highest BCUT2D eigenvalue weighted by Crippen LogP contribution is 2.20. The molecule has 0 amide bonds. The Morgan fingerprint density at radius 2 is 2.26 bits per heavy atom. The standard InChI is InChI=1S/C10H11N7S2/c11-8-7-9(13-4-12-8)17(5-14-7)2-1-3-18-10-16-15-6-19-10/h4-6H,1-3H2,(H2,11,12,13). The zero-order valence-corrected chi connectivity index (χ0v) is 11.6. The molecule has 0 spiro atoms. The van der Waals surface area contributed by atoms with Crippen LogP contribution in [0.3, 0.4) is 0 Å². The number of imidazole rings is 1. The first-order chi connectivity index (χ1) is 9.34. The van der Waals surface area contributed by atoms with E-state index in [9.17, 15) is 0 Å². The fourth-order valence-corrected chi connectivity index (χ4v) is 3.17. The van der Waals surface area contributed by atoms with Crippen LogP contribution in [-0.2, 0) is 6.54 Å². The van der Waals surface area contributed by atoms with Gasteiger partial charge in [-0.2, -0.15) is 0 Å². The van der Waals surface area contributed by atoms with Gasteiger partial charge in [-0.15, -0.1) is 10.2 Å². The largest absolute Gasteiger partial charge is 0.382 e. The lowest BCUT2D eigenvalue weighted by atomic mass is 10.4. The Balaban J connectivity index is 1.61. The van der Waals surface area contributed by atoms with E-state index in [1.807, 2.05) is 4.57 Å². The summed E-state index contributed by atoms with van der Waals surface area (Å²) in [6.07, 6.45) is 4.22. The molecular weight excluding hydrogens is 282 g/mol. The minimum Gasteiger partial charge on any atom is -0.382 e. The van der Waals surface area contributed by atoms with Crippen molar-refractivity contribution in [3.63, 3.8) is 0 Å². The van der Waals surface area contributed by atoms with Crippen LogP contribution >= 0.6 is 23.1 Å². The maximum Gasteiger partial charge on any atom is 0.174 e. The summed E-state index contributed by atoms with van der Waals surface area (Å²) < 4.78 is 3.00. The molecule has 0 fully saturated rings. The molecule has 0 aromatic carbocycles. The van der Waals surface area contributed by atoms with Gasteiger partial charge in [-0.3, -0.25) is 0 Å². The quantitative estimate of drug-likeness (QED) is 0.561. The summed E-state index contributed by atoms with van der Waals surface area (Å²) in [5.41, 5.74) is 8.94. The molecule has 3 rings (SSSR count). The second-order valence-electron chi connectivity index (χ2n) is 3.78. The van der Waals surface area contributed by atoms with Gasteiger partial charge in [-0.1, -0.05) is 23.1 Å². The molecule has 3 heterocycles. The predicted octanol–water partition coefficient (Wildman–Crippen LogP) is 1.44. The summed E-state index contributed by atoms with van der Waals surface area (Å²) in [6.45, 7) is 0.846. The smallest absolute Gasteiger partial charge is 0.174 e. The molecule has 98 valence electrons. The molecule has 0 radical (unpaired) electrons. The second-order valence-corrected chi connectivity index (χ2v) is 5.95. The van der Waals surface area contributed by atoms with Crippen molar-refractivity contribution in [3.8, 4) is 0 Å². The molecule has 9 heteroatoms. The first-order valence-corrected chi connectivity index (χ1v) is 7.51. The predicted molar refractivity (Wildman–Crippen MR) is 75.0 cm³/mol. The van der Waals surface area contributed by atoms with Crippen molar-refractivity contribution in [1.29, 1.82) is 0 Å². The first kappa shape index (κ1) is 12.3. The Labute approximate surface area is 117 Å². The van der Waals surface area contributed by atoms with E-state index in [0.29, 0.717) is 11.3 Å². The summed E-state index contributed by atoms with van der Waals surface area (Å²) in [5.74, 6) is 1.40. The SMILES string of the molecule is Nc1ncnc2c1ncn2CCCSc1nncs1. The fraction of sp³-hybridized carbons (Fsp3) is 0.300. The average molecular weight is 293 g/mol. The van der Waals surface area contributed by atoms with E-state index in [1.165, 1.54) is 6.33 Å². The molecule has 0 aliphatic rings. The van der Waals surface area contributed by atoms with Gasteiger partial charge in [-0.25, -0.2) is 15.0 Å². The van der Waals surface area contributed by atoms with Gasteiger partial charge in [0.05, 0.1) is 6.33 Å². The van der Waals surface area contributed by atoms with Gasteiger partial charge in [0.25, 0.3) is 0 Å². The molecule has 3 aromatic rings. The number of thioether (sulfide) groups is 1. The van der Waals surface area contributed by atoms with Crippen LogP contribution in [0.2, 0.25) is 0 Å². The molecule has 7 nitrogen and oxygen atoms in total. The molecule has 0 bridgehead atoms. The van der Waals surface area contributed by atoms with Gasteiger partial charge in [0, 0.05) is 12.3 Å². The van der Waals surface area contributed by atoms with Crippen LogP contribution in [0, 0.1) is 0 Å². The number of hydrogen-bond donors (Lipinski definition) is 1. The Morgan fingerprint density at radius 3 is 3.11 bits per heavy atom. The van der Waals surface area contributed by atoms with Crippen molar-refractivity contribution >= 4 is 40.1 Å². The Hall–Kier alpha value is -1.74. The monoisotopic (exact) mass is 293 g/mol. The number of rotatable bonds is 5. The molecule has 19 heavy (non-hydrogen) atoms. The van der Waals surface area contributed by atoms with E-state index in [0.717, 1.165) is 28.7 Å². The lowest BCUT2D eigenvalue weighted by Crippen LogP contribution is -2.00. The van der Waals surface area contributed by atoms with Crippen molar-refractivity contribution in [1.82, 2.24) is 29.7 Å². The molecule has 0 aliphatic heterocycles. The Kier molecular flexibility index (Phi) is 3.56. The molecule has 0 atom stereocenters. The molecular formula is C10H11N7S2. The highest BCUT2D eigenvalue weighted by Gasteiger charge is 2.07. The molecule has 0 saturated carbocycles. The van der Waals surface area contributed by atoms with E-state index >= 15 is 0 Å². The average Bonchev–Trinajstić information content (AvgIpc) is 3.05. The number of nitrogens with zero attached hydrogens (tertiary/aromatic N) is 6. The number of fused-ring (bicyclic) bond motifs is 1. The number of aromatic nitrogens is 6. The normalized spacial score (nSPS) is 11.2. The van der Waals surface area contributed by atoms with Crippen LogP contribution in [0.5, 0.6) is 0 Å². The number of nitrogens with two attached hydrogens (primary N) is 1. The van der Waals surface area contributed by atoms with Crippen LogP contribution in [0.25, 0.3) is 11.2 Å². The van der Waals surface area contributed by atoms with Crippen molar-refractivity contribution in [2.75, 3.05) is 11.5 Å². The number of hydrogen-bond acceptors (Lipinski definition) is 8. The third kappa shape index (κ3) is 2.66. The van der Waals surface area contributed by atoms with Crippen molar-refractivity contribution in [2.45, 2.75) is 17.3 Å². The Morgan fingerprint density at radius 1 is 1.32 bits per heavy atom. The number of anilines is 1. The number of nitrogen functional groups attached to an aromatic ring is 1. The minimum atomic E-state index is 0.423. The third-order valence-corrected chi connectivity index (χ3v) is 4.49. The van der Waals surface area contributed by atoms with E-state index in [1.54, 1.807) is 34.9 Å². The van der Waals surface area contributed by atoms with Gasteiger partial charge in [-0.05, 0) is 6.42 Å². The van der Waals surface area contributed by atoms with E-state index in [-0.39, 0.29) is 0 Å². The maximum atomic E-state index is 5.74. The van der Waals surface area contributed by atoms with Crippen LogP contribution in [0.4, 0.5) is 5.82 Å². The molecule has 2 N–H and O–H groups in total. The summed E-state index contributed by atoms with van der Waals surface area (Å²) in [7, 11) is 0. The van der Waals surface area contributed by atoms with E-state index in [2.05, 4.69) is 25.1 Å². The van der Waals surface area contributed by atoms with Crippen molar-refractivity contribution < 1.29 is 0 Å². The van der Waals surface area contributed by atoms with Crippen molar-refractivity contribution in [3.05, 3.63) is 18.2 Å². The summed E-state index contributed by atoms with van der Waals surface area (Å²) in [4.78, 5) is 12.4. The van der Waals surface area contributed by atoms with Crippen LogP contribution in [0.15, 0.2) is 22.5 Å². The number of aryl methyl sites for hydroxylation is 1. The van der Waals surface area contributed by atoms with Crippen LogP contribution < -0.4 is 5.73 Å². The summed E-state index contributed by atoms with van der Waals surface area (Å²) in [5, 5.41) is 7.79. The van der Waals surface area contributed by atoms with E-state index in [4.69, 9.17) is 5.73 Å². The zero-order valence-electron chi connectivity index (χ0n) is 9.93.